The number of ether oxygens (including phenoxy) is 2. The van der Waals surface area contributed by atoms with Crippen LogP contribution < -0.4 is 10.1 Å². The minimum absolute atomic E-state index is 0.0177. The molecule has 3 fully saturated rings. The molecule has 1 aliphatic heterocycles. The lowest BCUT2D eigenvalue weighted by Crippen LogP contribution is -2.58. The number of benzene rings is 1. The maximum atomic E-state index is 12.0. The molecular formula is C22H31NO4. The number of carbonyl (C=O) groups excluding carboxylic acids is 1. The van der Waals surface area contributed by atoms with Crippen molar-refractivity contribution in [2.75, 3.05) is 13.2 Å². The van der Waals surface area contributed by atoms with E-state index >= 15 is 0 Å². The van der Waals surface area contributed by atoms with E-state index in [2.05, 4.69) is 19.2 Å². The molecule has 27 heavy (non-hydrogen) atoms. The van der Waals surface area contributed by atoms with E-state index in [-0.39, 0.29) is 34.6 Å². The van der Waals surface area contributed by atoms with Crippen LogP contribution in [0.1, 0.15) is 58.6 Å². The molecule has 1 aromatic rings. The van der Waals surface area contributed by atoms with E-state index in [0.717, 1.165) is 24.8 Å². The maximum absolute atomic E-state index is 12.0. The molecule has 1 aromatic carbocycles. The fraction of sp³-hybridized carbons (Fsp3) is 0.682. The van der Waals surface area contributed by atoms with Gasteiger partial charge in [0.15, 0.2) is 11.5 Å². The number of amides is 1. The zero-order chi connectivity index (χ0) is 19.4. The van der Waals surface area contributed by atoms with Gasteiger partial charge in [0.1, 0.15) is 0 Å². The van der Waals surface area contributed by atoms with Gasteiger partial charge in [-0.15, -0.1) is 0 Å². The molecular weight excluding hydrogens is 342 g/mol. The highest BCUT2D eigenvalue weighted by Crippen LogP contribution is 2.70. The van der Waals surface area contributed by atoms with E-state index in [1.54, 1.807) is 13.0 Å². The van der Waals surface area contributed by atoms with Gasteiger partial charge in [-0.05, 0) is 66.5 Å². The molecule has 1 heterocycles. The van der Waals surface area contributed by atoms with Crippen molar-refractivity contribution in [3.05, 3.63) is 23.8 Å². The van der Waals surface area contributed by atoms with Gasteiger partial charge in [0.2, 0.25) is 5.91 Å². The predicted octanol–water partition coefficient (Wildman–Crippen LogP) is 3.81. The fourth-order valence-electron chi connectivity index (χ4n) is 6.30. The Morgan fingerprint density at radius 2 is 2.19 bits per heavy atom. The maximum Gasteiger partial charge on any atom is 0.217 e. The third-order valence-electron chi connectivity index (χ3n) is 7.46. The number of aromatic hydroxyl groups is 1. The summed E-state index contributed by atoms with van der Waals surface area (Å²) in [6.45, 7) is 9.36. The first-order valence-electron chi connectivity index (χ1n) is 10.1. The zero-order valence-corrected chi connectivity index (χ0v) is 16.7. The van der Waals surface area contributed by atoms with E-state index in [9.17, 15) is 9.90 Å². The third-order valence-corrected chi connectivity index (χ3v) is 7.46. The molecule has 5 nitrogen and oxygen atoms in total. The van der Waals surface area contributed by atoms with Gasteiger partial charge in [0, 0.05) is 19.6 Å². The van der Waals surface area contributed by atoms with Crippen LogP contribution in [0.5, 0.6) is 11.5 Å². The molecule has 1 saturated heterocycles. The largest absolute Gasteiger partial charge is 0.504 e. The summed E-state index contributed by atoms with van der Waals surface area (Å²) in [5, 5.41) is 13.4. The molecule has 2 aliphatic carbocycles. The minimum Gasteiger partial charge on any atom is -0.504 e. The number of phenols is 1. The van der Waals surface area contributed by atoms with E-state index < -0.39 is 0 Å². The lowest BCUT2D eigenvalue weighted by Gasteiger charge is -2.53. The zero-order valence-electron chi connectivity index (χ0n) is 16.7. The monoisotopic (exact) mass is 373 g/mol. The van der Waals surface area contributed by atoms with Crippen molar-refractivity contribution in [3.63, 3.8) is 0 Å². The van der Waals surface area contributed by atoms with Crippen LogP contribution in [0.2, 0.25) is 0 Å². The van der Waals surface area contributed by atoms with Crippen molar-refractivity contribution in [2.24, 2.45) is 22.7 Å². The van der Waals surface area contributed by atoms with Crippen LogP contribution >= 0.6 is 0 Å². The van der Waals surface area contributed by atoms with E-state index in [0.29, 0.717) is 30.8 Å². The molecule has 5 atom stereocenters. The lowest BCUT2D eigenvalue weighted by atomic mass is 9.59. The fourth-order valence-corrected chi connectivity index (χ4v) is 6.30. The minimum atomic E-state index is -0.0177. The van der Waals surface area contributed by atoms with Crippen molar-refractivity contribution in [1.29, 1.82) is 0 Å². The van der Waals surface area contributed by atoms with Gasteiger partial charge in [0.05, 0.1) is 12.7 Å². The van der Waals surface area contributed by atoms with Crippen molar-refractivity contribution in [2.45, 2.75) is 59.1 Å². The number of phenolic OH excluding ortho intramolecular Hbond substituents is 1. The summed E-state index contributed by atoms with van der Waals surface area (Å²) < 4.78 is 11.9. The Morgan fingerprint density at radius 1 is 1.41 bits per heavy atom. The van der Waals surface area contributed by atoms with Crippen LogP contribution in [0.15, 0.2) is 18.2 Å². The van der Waals surface area contributed by atoms with Gasteiger partial charge < -0.3 is 19.9 Å². The Balaban J connectivity index is 1.69. The number of hydrogen-bond donors (Lipinski definition) is 2. The number of fused-ring (bicyclic) bond motifs is 1. The number of carbonyl (C=O) groups is 1. The summed E-state index contributed by atoms with van der Waals surface area (Å²) in [6.07, 6.45) is 3.26. The smallest absolute Gasteiger partial charge is 0.217 e. The van der Waals surface area contributed by atoms with Crippen molar-refractivity contribution >= 4 is 5.91 Å². The third kappa shape index (κ3) is 2.74. The molecule has 1 unspecified atom stereocenters. The standard InChI is InChI=1S/C22H31NO4/c1-5-26-18-10-14(6-7-17(18)25)19-16-11-15-12-22(16,8-9-27-19)20(21(15,3)4)23-13(2)24/h6-7,10,15-16,19-20,25H,5,8-9,11-12H2,1-4H3,(H,23,24)/t15-,16-,19-,20-,22?/m1/s1. The first-order chi connectivity index (χ1) is 12.8. The predicted molar refractivity (Wildman–Crippen MR) is 103 cm³/mol. The van der Waals surface area contributed by atoms with Gasteiger partial charge in [-0.2, -0.15) is 0 Å². The SMILES string of the molecule is CCOc1cc([C@H]2OCCC34C[C@@H](C[C@H]23)C(C)(C)[C@H]4NC(C)=O)ccc1O. The van der Waals surface area contributed by atoms with Crippen LogP contribution in [0.3, 0.4) is 0 Å². The Morgan fingerprint density at radius 3 is 2.89 bits per heavy atom. The Kier molecular flexibility index (Phi) is 4.41. The summed E-state index contributed by atoms with van der Waals surface area (Å²) in [6, 6.07) is 5.76. The van der Waals surface area contributed by atoms with Crippen LogP contribution in [0.25, 0.3) is 0 Å². The molecule has 5 heteroatoms. The number of hydrogen-bond acceptors (Lipinski definition) is 4. The number of rotatable bonds is 4. The first-order valence-corrected chi connectivity index (χ1v) is 10.1. The van der Waals surface area contributed by atoms with Crippen molar-refractivity contribution in [3.8, 4) is 11.5 Å². The second-order valence-electron chi connectivity index (χ2n) is 9.13. The van der Waals surface area contributed by atoms with E-state index in [1.165, 1.54) is 0 Å². The molecule has 2 N–H and O–H groups in total. The van der Waals surface area contributed by atoms with Crippen molar-refractivity contribution < 1.29 is 19.4 Å². The molecule has 148 valence electrons. The normalized spacial score (nSPS) is 36.3. The summed E-state index contributed by atoms with van der Waals surface area (Å²) >= 11 is 0. The van der Waals surface area contributed by atoms with E-state index in [1.807, 2.05) is 19.1 Å². The van der Waals surface area contributed by atoms with Crippen LogP contribution in [0.4, 0.5) is 0 Å². The second-order valence-corrected chi connectivity index (χ2v) is 9.13. The van der Waals surface area contributed by atoms with Gasteiger partial charge >= 0.3 is 0 Å². The quantitative estimate of drug-likeness (QED) is 0.842. The Hall–Kier alpha value is -1.75. The molecule has 4 rings (SSSR count). The molecule has 3 aliphatic rings. The summed E-state index contributed by atoms with van der Waals surface area (Å²) in [4.78, 5) is 12.0. The first kappa shape index (κ1) is 18.6. The molecule has 1 spiro atoms. The average Bonchev–Trinajstić information content (AvgIpc) is 3.10. The molecule has 0 radical (unpaired) electrons. The van der Waals surface area contributed by atoms with Crippen LogP contribution in [0, 0.1) is 22.7 Å². The summed E-state index contributed by atoms with van der Waals surface area (Å²) in [5.41, 5.74) is 1.26. The molecule has 2 saturated carbocycles. The van der Waals surface area contributed by atoms with Gasteiger partial charge in [-0.25, -0.2) is 0 Å². The highest BCUT2D eigenvalue weighted by atomic mass is 16.5. The van der Waals surface area contributed by atoms with Crippen LogP contribution in [-0.4, -0.2) is 30.3 Å². The highest BCUT2D eigenvalue weighted by Gasteiger charge is 2.68. The topological polar surface area (TPSA) is 67.8 Å². The summed E-state index contributed by atoms with van der Waals surface area (Å²) in [5.74, 6) is 1.70. The Bertz CT molecular complexity index is 746. The van der Waals surface area contributed by atoms with Gasteiger partial charge in [-0.1, -0.05) is 19.9 Å². The van der Waals surface area contributed by atoms with Gasteiger partial charge in [-0.3, -0.25) is 4.79 Å². The summed E-state index contributed by atoms with van der Waals surface area (Å²) in [7, 11) is 0. The Labute approximate surface area is 161 Å². The molecule has 1 amide bonds. The van der Waals surface area contributed by atoms with Crippen LogP contribution in [-0.2, 0) is 9.53 Å². The highest BCUT2D eigenvalue weighted by molar-refractivity contribution is 5.73. The van der Waals surface area contributed by atoms with E-state index in [4.69, 9.17) is 9.47 Å². The lowest BCUT2D eigenvalue weighted by molar-refractivity contribution is -0.136. The molecule has 2 bridgehead atoms. The van der Waals surface area contributed by atoms with Crippen molar-refractivity contribution in [1.82, 2.24) is 5.32 Å². The van der Waals surface area contributed by atoms with Gasteiger partial charge in [0.25, 0.3) is 0 Å². The number of nitrogens with one attached hydrogen (secondary N) is 1. The molecule has 0 aromatic heterocycles. The average molecular weight is 373 g/mol. The second kappa shape index (κ2) is 6.40.